The Morgan fingerprint density at radius 2 is 1.90 bits per heavy atom. The summed E-state index contributed by atoms with van der Waals surface area (Å²) in [5.74, 6) is 0.0762. The molecule has 2 saturated heterocycles. The number of fused-ring (bicyclic) bond motifs is 3. The molecule has 0 saturated carbocycles. The molecular weight excluding hydrogens is 386 g/mol. The van der Waals surface area contributed by atoms with Crippen molar-refractivity contribution in [2.45, 2.75) is 6.04 Å². The molecule has 5 rings (SSSR count). The Morgan fingerprint density at radius 1 is 1.00 bits per heavy atom. The quantitative estimate of drug-likeness (QED) is 0.653. The number of nitrogens with zero attached hydrogens (tertiary/aromatic N) is 5. The Balaban J connectivity index is 1.44. The van der Waals surface area contributed by atoms with Crippen LogP contribution in [0.3, 0.4) is 0 Å². The van der Waals surface area contributed by atoms with E-state index in [0.717, 1.165) is 0 Å². The second-order valence-electron chi connectivity index (χ2n) is 7.56. The maximum absolute atomic E-state index is 13.6. The van der Waals surface area contributed by atoms with Gasteiger partial charge in [-0.15, -0.1) is 0 Å². The molecule has 2 fully saturated rings. The van der Waals surface area contributed by atoms with Crippen molar-refractivity contribution in [2.75, 3.05) is 32.8 Å². The van der Waals surface area contributed by atoms with Crippen LogP contribution >= 0.6 is 0 Å². The van der Waals surface area contributed by atoms with Crippen molar-refractivity contribution in [1.29, 1.82) is 0 Å². The summed E-state index contributed by atoms with van der Waals surface area (Å²) in [4.78, 5) is 34.1. The van der Waals surface area contributed by atoms with Crippen LogP contribution in [-0.2, 0) is 4.74 Å². The fraction of sp³-hybridized carbons (Fsp3) is 0.333. The Hall–Kier alpha value is -3.46. The molecule has 3 aromatic rings. The highest BCUT2D eigenvalue weighted by atomic mass is 16.5. The van der Waals surface area contributed by atoms with E-state index in [1.807, 2.05) is 23.1 Å². The highest BCUT2D eigenvalue weighted by Crippen LogP contribution is 2.25. The Labute approximate surface area is 172 Å². The molecule has 30 heavy (non-hydrogen) atoms. The molecule has 9 heteroatoms. The summed E-state index contributed by atoms with van der Waals surface area (Å²) in [6.07, 6.45) is 4.50. The smallest absolute Gasteiger partial charge is 0.289 e. The minimum absolute atomic E-state index is 0.0268. The number of hydrogen-bond donors (Lipinski definition) is 0. The van der Waals surface area contributed by atoms with Crippen LogP contribution in [0.1, 0.15) is 20.9 Å². The molecule has 2 bridgehead atoms. The topological polar surface area (TPSA) is 93.7 Å². The van der Waals surface area contributed by atoms with Crippen LogP contribution in [0.5, 0.6) is 0 Å². The molecule has 0 aliphatic carbocycles. The van der Waals surface area contributed by atoms with E-state index in [2.05, 4.69) is 10.1 Å². The predicted octanol–water partition coefficient (Wildman–Crippen LogP) is 1.47. The number of rotatable bonds is 3. The van der Waals surface area contributed by atoms with Crippen molar-refractivity contribution in [2.24, 2.45) is 5.92 Å². The molecule has 0 unspecified atom stereocenters. The van der Waals surface area contributed by atoms with Gasteiger partial charge >= 0.3 is 0 Å². The molecule has 0 radical (unpaired) electrons. The van der Waals surface area contributed by atoms with Crippen LogP contribution in [0, 0.1) is 5.92 Å². The molecular formula is C21H21N5O4. The molecule has 2 aliphatic rings. The number of amides is 2. The molecule has 4 heterocycles. The highest BCUT2D eigenvalue weighted by Gasteiger charge is 2.38. The normalized spacial score (nSPS) is 21.3. The van der Waals surface area contributed by atoms with E-state index in [0.29, 0.717) is 49.9 Å². The number of aromatic nitrogens is 3. The van der Waals surface area contributed by atoms with Crippen LogP contribution in [0.25, 0.3) is 5.69 Å². The SMILES string of the molecule is O=C(c1ccco1)N1C[C@@H]2COC[C@H](C1)N(C(=O)c1ccccc1-n1cncn1)C2. The minimum atomic E-state index is -0.243. The third kappa shape index (κ3) is 3.37. The molecule has 0 N–H and O–H groups in total. The molecule has 2 atom stereocenters. The zero-order valence-corrected chi connectivity index (χ0v) is 16.3. The van der Waals surface area contributed by atoms with Gasteiger partial charge in [-0.1, -0.05) is 12.1 Å². The van der Waals surface area contributed by atoms with E-state index in [4.69, 9.17) is 9.15 Å². The number of furan rings is 1. The van der Waals surface area contributed by atoms with E-state index in [1.54, 1.807) is 34.1 Å². The van der Waals surface area contributed by atoms with Crippen molar-refractivity contribution in [3.63, 3.8) is 0 Å². The number of benzene rings is 1. The molecule has 2 aromatic heterocycles. The van der Waals surface area contributed by atoms with Crippen LogP contribution < -0.4 is 0 Å². The fourth-order valence-corrected chi connectivity index (χ4v) is 4.16. The van der Waals surface area contributed by atoms with Gasteiger partial charge in [0.15, 0.2) is 5.76 Å². The summed E-state index contributed by atoms with van der Waals surface area (Å²) < 4.78 is 12.7. The van der Waals surface area contributed by atoms with E-state index < -0.39 is 0 Å². The first kappa shape index (κ1) is 18.6. The molecule has 1 aromatic carbocycles. The summed E-state index contributed by atoms with van der Waals surface area (Å²) in [6.45, 7) is 2.33. The van der Waals surface area contributed by atoms with Crippen LogP contribution in [0.15, 0.2) is 59.7 Å². The van der Waals surface area contributed by atoms with Gasteiger partial charge in [-0.25, -0.2) is 9.67 Å². The lowest BCUT2D eigenvalue weighted by Crippen LogP contribution is -2.48. The van der Waals surface area contributed by atoms with Crippen LogP contribution in [0.2, 0.25) is 0 Å². The van der Waals surface area contributed by atoms with Gasteiger partial charge in [-0.3, -0.25) is 9.59 Å². The molecule has 0 spiro atoms. The summed E-state index contributed by atoms with van der Waals surface area (Å²) in [5, 5.41) is 4.17. The van der Waals surface area contributed by atoms with Gasteiger partial charge < -0.3 is 19.0 Å². The standard InChI is InChI=1S/C21H21N5O4/c27-20(17-4-1-2-5-18(17)26-14-22-13-23-26)25-9-15-8-24(10-16(25)12-29-11-15)21(28)19-6-3-7-30-19/h1-7,13-16H,8-12H2/t15-,16-/m0/s1. The Morgan fingerprint density at radius 3 is 2.70 bits per heavy atom. The van der Waals surface area contributed by atoms with Crippen molar-refractivity contribution in [1.82, 2.24) is 24.6 Å². The average Bonchev–Trinajstić information content (AvgIpc) is 3.41. The number of hydrogen-bond acceptors (Lipinski definition) is 6. The highest BCUT2D eigenvalue weighted by molar-refractivity contribution is 5.98. The number of carbonyl (C=O) groups is 2. The van der Waals surface area contributed by atoms with Gasteiger partial charge in [0, 0.05) is 25.6 Å². The second-order valence-corrected chi connectivity index (χ2v) is 7.56. The van der Waals surface area contributed by atoms with Crippen molar-refractivity contribution < 1.29 is 18.7 Å². The van der Waals surface area contributed by atoms with E-state index in [-0.39, 0.29) is 23.8 Å². The molecule has 2 aliphatic heterocycles. The Kier molecular flexibility index (Phi) is 4.80. The van der Waals surface area contributed by atoms with Gasteiger partial charge in [-0.2, -0.15) is 5.10 Å². The predicted molar refractivity (Wildman–Crippen MR) is 105 cm³/mol. The summed E-state index contributed by atoms with van der Waals surface area (Å²) >= 11 is 0. The maximum atomic E-state index is 13.6. The largest absolute Gasteiger partial charge is 0.459 e. The molecule has 9 nitrogen and oxygen atoms in total. The monoisotopic (exact) mass is 407 g/mol. The lowest BCUT2D eigenvalue weighted by Gasteiger charge is -2.31. The number of ether oxygens (including phenoxy) is 1. The summed E-state index contributed by atoms with van der Waals surface area (Å²) in [6, 6.07) is 10.5. The van der Waals surface area contributed by atoms with Crippen LogP contribution in [-0.4, -0.2) is 75.3 Å². The van der Waals surface area contributed by atoms with E-state index in [1.165, 1.54) is 12.6 Å². The van der Waals surface area contributed by atoms with Gasteiger partial charge in [0.25, 0.3) is 11.8 Å². The Bertz CT molecular complexity index is 1030. The van der Waals surface area contributed by atoms with Gasteiger partial charge in [0.05, 0.1) is 36.8 Å². The third-order valence-electron chi connectivity index (χ3n) is 5.55. The first-order valence-corrected chi connectivity index (χ1v) is 9.86. The summed E-state index contributed by atoms with van der Waals surface area (Å²) in [7, 11) is 0. The number of carbonyl (C=O) groups excluding carboxylic acids is 2. The van der Waals surface area contributed by atoms with E-state index in [9.17, 15) is 9.59 Å². The first-order valence-electron chi connectivity index (χ1n) is 9.86. The molecule has 154 valence electrons. The average molecular weight is 407 g/mol. The van der Waals surface area contributed by atoms with Crippen molar-refractivity contribution >= 4 is 11.8 Å². The number of para-hydroxylation sites is 1. The lowest BCUT2D eigenvalue weighted by molar-refractivity contribution is 0.0367. The van der Waals surface area contributed by atoms with Gasteiger partial charge in [0.1, 0.15) is 12.7 Å². The fourth-order valence-electron chi connectivity index (χ4n) is 4.16. The lowest BCUT2D eigenvalue weighted by atomic mass is 10.1. The van der Waals surface area contributed by atoms with E-state index >= 15 is 0 Å². The van der Waals surface area contributed by atoms with Gasteiger partial charge in [0.2, 0.25) is 0 Å². The molecule has 2 amide bonds. The summed E-state index contributed by atoms with van der Waals surface area (Å²) in [5.41, 5.74) is 1.21. The zero-order chi connectivity index (χ0) is 20.5. The van der Waals surface area contributed by atoms with Crippen LogP contribution in [0.4, 0.5) is 0 Å². The zero-order valence-electron chi connectivity index (χ0n) is 16.3. The second kappa shape index (κ2) is 7.75. The first-order chi connectivity index (χ1) is 14.7. The van der Waals surface area contributed by atoms with Gasteiger partial charge in [-0.05, 0) is 24.3 Å². The third-order valence-corrected chi connectivity index (χ3v) is 5.55. The minimum Gasteiger partial charge on any atom is -0.459 e. The van der Waals surface area contributed by atoms with Crippen molar-refractivity contribution in [3.05, 3.63) is 66.6 Å². The maximum Gasteiger partial charge on any atom is 0.289 e. The van der Waals surface area contributed by atoms with Crippen molar-refractivity contribution in [3.8, 4) is 5.69 Å².